The lowest BCUT2D eigenvalue weighted by Gasteiger charge is -2.11. The number of amides is 1. The molecule has 2 rings (SSSR count). The summed E-state index contributed by atoms with van der Waals surface area (Å²) in [5, 5.41) is 12.0. The molecule has 0 atom stereocenters. The predicted molar refractivity (Wildman–Crippen MR) is 139 cm³/mol. The molecular formula is C20H29Br2Cl3N2O3. The molecule has 1 amide bonds. The number of nitrogens with one attached hydrogen (secondary N) is 1. The van der Waals surface area contributed by atoms with E-state index in [9.17, 15) is 9.59 Å². The van der Waals surface area contributed by atoms with Crippen molar-refractivity contribution in [1.29, 1.82) is 0 Å². The Balaban J connectivity index is -0.000000184. The maximum absolute atomic E-state index is 11.5. The number of halogens is 5. The van der Waals surface area contributed by atoms with Crippen LogP contribution in [0.4, 0.5) is 0 Å². The topological polar surface area (TPSA) is 69.6 Å². The zero-order valence-corrected chi connectivity index (χ0v) is 21.1. The van der Waals surface area contributed by atoms with Crippen molar-refractivity contribution in [2.24, 2.45) is 0 Å². The fourth-order valence-electron chi connectivity index (χ4n) is 1.58. The van der Waals surface area contributed by atoms with Gasteiger partial charge in [0.15, 0.2) is 0 Å². The van der Waals surface area contributed by atoms with Crippen molar-refractivity contribution < 1.29 is 14.7 Å². The molecule has 0 saturated heterocycles. The zero-order chi connectivity index (χ0) is 21.1. The lowest BCUT2D eigenvalue weighted by atomic mass is 10.2. The van der Waals surface area contributed by atoms with Crippen LogP contribution in [0.1, 0.15) is 35.6 Å². The van der Waals surface area contributed by atoms with Gasteiger partial charge in [-0.2, -0.15) is 0 Å². The molecule has 0 radical (unpaired) electrons. The van der Waals surface area contributed by atoms with Gasteiger partial charge in [0.25, 0.3) is 5.91 Å². The van der Waals surface area contributed by atoms with Crippen LogP contribution in [0, 0.1) is 0 Å². The lowest BCUT2D eigenvalue weighted by Crippen LogP contribution is -2.21. The molecule has 2 aromatic rings. The Morgan fingerprint density at radius 3 is 1.53 bits per heavy atom. The van der Waals surface area contributed by atoms with Crippen LogP contribution < -0.4 is 5.32 Å². The molecule has 2 N–H and O–H groups in total. The van der Waals surface area contributed by atoms with Gasteiger partial charge in [-0.15, -0.1) is 12.4 Å². The largest absolute Gasteiger partial charge is 0.478 e. The molecule has 0 fully saturated rings. The Kier molecular flexibility index (Phi) is 23.0. The Bertz CT molecular complexity index is 792. The zero-order valence-electron chi connectivity index (χ0n) is 15.6. The van der Waals surface area contributed by atoms with Crippen molar-refractivity contribution in [1.82, 2.24) is 10.2 Å². The SMILES string of the molecule is C.C.CN(C)C(=O)c1cccc(Br)c1Cl.CNC.Cl.O=C(O)c1cccc(Br)c1Cl. The monoisotopic (exact) mass is 608 g/mol. The number of carboxylic acid groups (broad SMARTS) is 1. The number of nitrogens with zero attached hydrogens (tertiary/aromatic N) is 1. The van der Waals surface area contributed by atoms with Gasteiger partial charge in [-0.25, -0.2) is 4.79 Å². The van der Waals surface area contributed by atoms with E-state index in [0.717, 1.165) is 4.47 Å². The number of carboxylic acids is 1. The first-order chi connectivity index (χ1) is 12.6. The first kappa shape index (κ1) is 36.5. The number of aromatic carboxylic acids is 1. The molecule has 5 nitrogen and oxygen atoms in total. The summed E-state index contributed by atoms with van der Waals surface area (Å²) in [4.78, 5) is 23.5. The molecular weight excluding hydrogens is 582 g/mol. The molecule has 172 valence electrons. The Morgan fingerprint density at radius 2 is 1.23 bits per heavy atom. The number of rotatable bonds is 2. The number of hydrogen-bond acceptors (Lipinski definition) is 3. The minimum Gasteiger partial charge on any atom is -0.478 e. The number of carbonyl (C=O) groups is 2. The van der Waals surface area contributed by atoms with Crippen molar-refractivity contribution >= 4 is 79.3 Å². The summed E-state index contributed by atoms with van der Waals surface area (Å²) in [7, 11) is 7.14. The van der Waals surface area contributed by atoms with Crippen molar-refractivity contribution in [3.63, 3.8) is 0 Å². The molecule has 30 heavy (non-hydrogen) atoms. The van der Waals surface area contributed by atoms with Crippen LogP contribution in [0.15, 0.2) is 45.3 Å². The van der Waals surface area contributed by atoms with Crippen LogP contribution >= 0.6 is 67.5 Å². The second-order valence-corrected chi connectivity index (χ2v) is 7.67. The van der Waals surface area contributed by atoms with Gasteiger partial charge in [0.1, 0.15) is 0 Å². The summed E-state index contributed by atoms with van der Waals surface area (Å²) >= 11 is 18.0. The molecule has 0 aliphatic rings. The second kappa shape index (κ2) is 18.9. The van der Waals surface area contributed by atoms with E-state index in [-0.39, 0.29) is 43.8 Å². The molecule has 10 heteroatoms. The van der Waals surface area contributed by atoms with Crippen LogP contribution in [0.3, 0.4) is 0 Å². The molecule has 0 bridgehead atoms. The van der Waals surface area contributed by atoms with Crippen LogP contribution in [0.5, 0.6) is 0 Å². The first-order valence-electron chi connectivity index (χ1n) is 7.49. The van der Waals surface area contributed by atoms with Crippen LogP contribution in [0.25, 0.3) is 0 Å². The molecule has 0 aliphatic carbocycles. The number of benzene rings is 2. The van der Waals surface area contributed by atoms with Crippen molar-refractivity contribution in [3.8, 4) is 0 Å². The molecule has 0 unspecified atom stereocenters. The summed E-state index contributed by atoms with van der Waals surface area (Å²) in [6.45, 7) is 0. The predicted octanol–water partition coefficient (Wildman–Crippen LogP) is 7.13. The third-order valence-corrected chi connectivity index (χ3v) is 5.36. The highest BCUT2D eigenvalue weighted by Gasteiger charge is 2.13. The first-order valence-corrected chi connectivity index (χ1v) is 9.84. The molecule has 0 aliphatic heterocycles. The number of carbonyl (C=O) groups excluding carboxylic acids is 1. The summed E-state index contributed by atoms with van der Waals surface area (Å²) in [6.07, 6.45) is 0. The molecule has 0 spiro atoms. The minimum absolute atomic E-state index is 0. The summed E-state index contributed by atoms with van der Waals surface area (Å²) in [5.41, 5.74) is 0.627. The fourth-order valence-corrected chi connectivity index (χ4v) is 2.72. The summed E-state index contributed by atoms with van der Waals surface area (Å²) in [6, 6.07) is 10.1. The standard InChI is InChI=1S/C9H9BrClNO.C7H4BrClO2.C2H7N.2CH4.ClH/c1-12(2)9(13)6-4-3-5-7(10)8(6)11;8-5-3-1-2-4(6(5)9)7(10)11;1-3-2;;;/h3-5H,1-2H3;1-3H,(H,10,11);3H,1-2H3;2*1H4;1H. The molecule has 2 aromatic carbocycles. The van der Waals surface area contributed by atoms with E-state index in [0.29, 0.717) is 15.1 Å². The average molecular weight is 612 g/mol. The minimum atomic E-state index is -1.02. The maximum Gasteiger partial charge on any atom is 0.337 e. The van der Waals surface area contributed by atoms with E-state index in [1.54, 1.807) is 44.4 Å². The third-order valence-electron chi connectivity index (χ3n) is 2.77. The number of hydrogen-bond donors (Lipinski definition) is 2. The van der Waals surface area contributed by atoms with Gasteiger partial charge in [0, 0.05) is 23.0 Å². The summed E-state index contributed by atoms with van der Waals surface area (Å²) < 4.78 is 1.33. The average Bonchev–Trinajstić information content (AvgIpc) is 2.60. The lowest BCUT2D eigenvalue weighted by molar-refractivity contribution is 0.0696. The van der Waals surface area contributed by atoms with Gasteiger partial charge in [-0.3, -0.25) is 4.79 Å². The highest BCUT2D eigenvalue weighted by atomic mass is 79.9. The Labute approximate surface area is 212 Å². The van der Waals surface area contributed by atoms with E-state index in [1.165, 1.54) is 11.0 Å². The highest BCUT2D eigenvalue weighted by Crippen LogP contribution is 2.26. The molecule has 0 saturated carbocycles. The van der Waals surface area contributed by atoms with Gasteiger partial charge < -0.3 is 15.3 Å². The van der Waals surface area contributed by atoms with Gasteiger partial charge in [-0.1, -0.05) is 50.2 Å². The van der Waals surface area contributed by atoms with Gasteiger partial charge >= 0.3 is 5.97 Å². The second-order valence-electron chi connectivity index (χ2n) is 5.21. The van der Waals surface area contributed by atoms with E-state index < -0.39 is 5.97 Å². The van der Waals surface area contributed by atoms with Gasteiger partial charge in [0.05, 0.1) is 21.2 Å². The highest BCUT2D eigenvalue weighted by molar-refractivity contribution is 9.10. The van der Waals surface area contributed by atoms with E-state index in [2.05, 4.69) is 37.2 Å². The van der Waals surface area contributed by atoms with Crippen LogP contribution in [-0.4, -0.2) is 50.1 Å². The van der Waals surface area contributed by atoms with Crippen LogP contribution in [-0.2, 0) is 0 Å². The maximum atomic E-state index is 11.5. The molecule has 0 aromatic heterocycles. The Morgan fingerprint density at radius 1 is 0.900 bits per heavy atom. The van der Waals surface area contributed by atoms with Crippen molar-refractivity contribution in [2.75, 3.05) is 28.2 Å². The Hall–Kier alpha value is -0.830. The van der Waals surface area contributed by atoms with Crippen molar-refractivity contribution in [2.45, 2.75) is 14.9 Å². The third kappa shape index (κ3) is 12.1. The molecule has 0 heterocycles. The van der Waals surface area contributed by atoms with Crippen molar-refractivity contribution in [3.05, 3.63) is 66.5 Å². The van der Waals surface area contributed by atoms with E-state index >= 15 is 0 Å². The quantitative estimate of drug-likeness (QED) is 0.379. The smallest absolute Gasteiger partial charge is 0.337 e. The normalized spacial score (nSPS) is 8.40. The van der Waals surface area contributed by atoms with Crippen LogP contribution in [0.2, 0.25) is 10.0 Å². The van der Waals surface area contributed by atoms with Gasteiger partial charge in [0.2, 0.25) is 0 Å². The summed E-state index contributed by atoms with van der Waals surface area (Å²) in [5.74, 6) is -1.11. The van der Waals surface area contributed by atoms with Gasteiger partial charge in [-0.05, 0) is 70.2 Å². The van der Waals surface area contributed by atoms with E-state index in [1.807, 2.05) is 14.1 Å². The van der Waals surface area contributed by atoms with E-state index in [4.69, 9.17) is 28.3 Å². The fraction of sp³-hybridized carbons (Fsp3) is 0.300.